The second-order valence-electron chi connectivity index (χ2n) is 5.88. The fraction of sp³-hybridized carbons (Fsp3) is 0.136. The van der Waals surface area contributed by atoms with Gasteiger partial charge in [0.25, 0.3) is 5.91 Å². The average Bonchev–Trinajstić information content (AvgIpc) is 2.67. The molecule has 0 aliphatic carbocycles. The summed E-state index contributed by atoms with van der Waals surface area (Å²) >= 11 is 0. The van der Waals surface area contributed by atoms with Crippen LogP contribution >= 0.6 is 0 Å². The van der Waals surface area contributed by atoms with Crippen molar-refractivity contribution in [3.05, 3.63) is 90.2 Å². The highest BCUT2D eigenvalue weighted by Crippen LogP contribution is 2.29. The van der Waals surface area contributed by atoms with Crippen LogP contribution in [0.2, 0.25) is 0 Å². The summed E-state index contributed by atoms with van der Waals surface area (Å²) in [6.07, 6.45) is 0.574. The van der Waals surface area contributed by atoms with E-state index in [4.69, 9.17) is 4.74 Å². The first kappa shape index (κ1) is 17.7. The number of hydrogen-bond acceptors (Lipinski definition) is 2. The molecule has 4 heteroatoms. The third-order valence-electron chi connectivity index (χ3n) is 3.96. The van der Waals surface area contributed by atoms with Gasteiger partial charge in [-0.3, -0.25) is 4.79 Å². The molecule has 0 radical (unpaired) electrons. The maximum absolute atomic E-state index is 13.1. The van der Waals surface area contributed by atoms with Crippen molar-refractivity contribution < 1.29 is 13.9 Å². The summed E-state index contributed by atoms with van der Waals surface area (Å²) in [5.74, 6) is 0.193. The van der Waals surface area contributed by atoms with Crippen LogP contribution in [-0.4, -0.2) is 19.1 Å². The zero-order valence-corrected chi connectivity index (χ0v) is 14.3. The molecule has 0 unspecified atom stereocenters. The van der Waals surface area contributed by atoms with Crippen molar-refractivity contribution >= 4 is 5.91 Å². The standard InChI is InChI=1S/C22H20FNO2/c23-19-10-6-7-17(15-19)13-14-24-22(25)16-26-21-12-5-4-11-20(21)18-8-2-1-3-9-18/h1-12,15H,13-14,16H2,(H,24,25). The minimum Gasteiger partial charge on any atom is -0.483 e. The molecule has 3 nitrogen and oxygen atoms in total. The Balaban J connectivity index is 1.52. The summed E-state index contributed by atoms with van der Waals surface area (Å²) in [5.41, 5.74) is 2.83. The summed E-state index contributed by atoms with van der Waals surface area (Å²) in [7, 11) is 0. The Hall–Kier alpha value is -3.14. The molecule has 0 aliphatic rings. The molecule has 0 heterocycles. The van der Waals surface area contributed by atoms with Crippen molar-refractivity contribution in [3.8, 4) is 16.9 Å². The molecule has 0 fully saturated rings. The molecular formula is C22H20FNO2. The van der Waals surface area contributed by atoms with Gasteiger partial charge >= 0.3 is 0 Å². The van der Waals surface area contributed by atoms with Gasteiger partial charge in [-0.25, -0.2) is 4.39 Å². The quantitative estimate of drug-likeness (QED) is 0.693. The van der Waals surface area contributed by atoms with Gasteiger partial charge < -0.3 is 10.1 Å². The molecular weight excluding hydrogens is 329 g/mol. The topological polar surface area (TPSA) is 38.3 Å². The third kappa shape index (κ3) is 4.93. The van der Waals surface area contributed by atoms with E-state index in [0.29, 0.717) is 18.7 Å². The van der Waals surface area contributed by atoms with Crippen LogP contribution in [0, 0.1) is 5.82 Å². The van der Waals surface area contributed by atoms with Crippen LogP contribution in [0.3, 0.4) is 0 Å². The Bertz CT molecular complexity index is 865. The lowest BCUT2D eigenvalue weighted by Gasteiger charge is -2.12. The lowest BCUT2D eigenvalue weighted by molar-refractivity contribution is -0.123. The Morgan fingerprint density at radius 3 is 2.50 bits per heavy atom. The van der Waals surface area contributed by atoms with Gasteiger partial charge in [0.2, 0.25) is 0 Å². The largest absolute Gasteiger partial charge is 0.483 e. The molecule has 0 saturated carbocycles. The normalized spacial score (nSPS) is 10.3. The summed E-state index contributed by atoms with van der Waals surface area (Å²) in [4.78, 5) is 12.0. The highest BCUT2D eigenvalue weighted by atomic mass is 19.1. The zero-order valence-electron chi connectivity index (χ0n) is 14.3. The van der Waals surface area contributed by atoms with Gasteiger partial charge in [0.1, 0.15) is 11.6 Å². The summed E-state index contributed by atoms with van der Waals surface area (Å²) in [6.45, 7) is 0.374. The Kier molecular flexibility index (Phi) is 5.99. The van der Waals surface area contributed by atoms with Crippen molar-refractivity contribution in [2.24, 2.45) is 0 Å². The minimum atomic E-state index is -0.269. The number of carbonyl (C=O) groups excluding carboxylic acids is 1. The predicted octanol–water partition coefficient (Wildman–Crippen LogP) is 4.23. The molecule has 0 aromatic heterocycles. The van der Waals surface area contributed by atoms with Crippen molar-refractivity contribution in [3.63, 3.8) is 0 Å². The average molecular weight is 349 g/mol. The molecule has 132 valence electrons. The summed E-state index contributed by atoms with van der Waals surface area (Å²) < 4.78 is 18.8. The SMILES string of the molecule is O=C(COc1ccccc1-c1ccccc1)NCCc1cccc(F)c1. The Labute approximate surface area is 152 Å². The minimum absolute atomic E-state index is 0.0625. The number of halogens is 1. The van der Waals surface area contributed by atoms with Gasteiger partial charge in [-0.2, -0.15) is 0 Å². The van der Waals surface area contributed by atoms with Crippen molar-refractivity contribution in [1.29, 1.82) is 0 Å². The van der Waals surface area contributed by atoms with Gasteiger partial charge in [0.15, 0.2) is 6.61 Å². The summed E-state index contributed by atoms with van der Waals surface area (Å²) in [6, 6.07) is 23.9. The maximum atomic E-state index is 13.1. The van der Waals surface area contributed by atoms with Crippen LogP contribution in [0.5, 0.6) is 5.75 Å². The predicted molar refractivity (Wildman–Crippen MR) is 100 cm³/mol. The van der Waals surface area contributed by atoms with Gasteiger partial charge in [0, 0.05) is 12.1 Å². The first-order valence-corrected chi connectivity index (χ1v) is 8.51. The first-order chi connectivity index (χ1) is 12.7. The van der Waals surface area contributed by atoms with Crippen LogP contribution < -0.4 is 10.1 Å². The second kappa shape index (κ2) is 8.81. The Morgan fingerprint density at radius 2 is 1.69 bits per heavy atom. The van der Waals surface area contributed by atoms with E-state index in [0.717, 1.165) is 16.7 Å². The van der Waals surface area contributed by atoms with Crippen LogP contribution in [-0.2, 0) is 11.2 Å². The number of para-hydroxylation sites is 1. The number of nitrogens with one attached hydrogen (secondary N) is 1. The van der Waals surface area contributed by atoms with Crippen LogP contribution in [0.4, 0.5) is 4.39 Å². The van der Waals surface area contributed by atoms with Crippen molar-refractivity contribution in [1.82, 2.24) is 5.32 Å². The molecule has 26 heavy (non-hydrogen) atoms. The highest BCUT2D eigenvalue weighted by Gasteiger charge is 2.08. The molecule has 3 aromatic rings. The van der Waals surface area contributed by atoms with Crippen molar-refractivity contribution in [2.75, 3.05) is 13.2 Å². The number of carbonyl (C=O) groups is 1. The van der Waals surface area contributed by atoms with E-state index in [1.807, 2.05) is 60.7 Å². The smallest absolute Gasteiger partial charge is 0.257 e. The van der Waals surface area contributed by atoms with E-state index in [1.54, 1.807) is 6.07 Å². The molecule has 1 N–H and O–H groups in total. The van der Waals surface area contributed by atoms with E-state index >= 15 is 0 Å². The number of hydrogen-bond donors (Lipinski definition) is 1. The number of rotatable bonds is 7. The van der Waals surface area contributed by atoms with E-state index in [2.05, 4.69) is 5.32 Å². The molecule has 3 aromatic carbocycles. The van der Waals surface area contributed by atoms with Crippen LogP contribution in [0.25, 0.3) is 11.1 Å². The van der Waals surface area contributed by atoms with Crippen LogP contribution in [0.15, 0.2) is 78.9 Å². The molecule has 0 atom stereocenters. The lowest BCUT2D eigenvalue weighted by atomic mass is 10.1. The van der Waals surface area contributed by atoms with Gasteiger partial charge in [-0.1, -0.05) is 60.7 Å². The summed E-state index contributed by atoms with van der Waals surface area (Å²) in [5, 5.41) is 2.79. The fourth-order valence-electron chi connectivity index (χ4n) is 2.68. The maximum Gasteiger partial charge on any atom is 0.257 e. The van der Waals surface area contributed by atoms with Gasteiger partial charge in [0.05, 0.1) is 0 Å². The van der Waals surface area contributed by atoms with E-state index in [1.165, 1.54) is 12.1 Å². The Morgan fingerprint density at radius 1 is 0.923 bits per heavy atom. The molecule has 0 saturated heterocycles. The first-order valence-electron chi connectivity index (χ1n) is 8.51. The third-order valence-corrected chi connectivity index (χ3v) is 3.96. The molecule has 0 spiro atoms. The highest BCUT2D eigenvalue weighted by molar-refractivity contribution is 5.78. The molecule has 3 rings (SSSR count). The molecule has 0 bridgehead atoms. The van der Waals surface area contributed by atoms with Crippen LogP contribution in [0.1, 0.15) is 5.56 Å². The number of ether oxygens (including phenoxy) is 1. The second-order valence-corrected chi connectivity index (χ2v) is 5.88. The zero-order chi connectivity index (χ0) is 18.2. The van der Waals surface area contributed by atoms with Gasteiger partial charge in [-0.15, -0.1) is 0 Å². The van der Waals surface area contributed by atoms with E-state index < -0.39 is 0 Å². The molecule has 0 aliphatic heterocycles. The van der Waals surface area contributed by atoms with Crippen molar-refractivity contribution in [2.45, 2.75) is 6.42 Å². The van der Waals surface area contributed by atoms with E-state index in [-0.39, 0.29) is 18.3 Å². The number of benzene rings is 3. The van der Waals surface area contributed by atoms with Gasteiger partial charge in [-0.05, 0) is 35.7 Å². The lowest BCUT2D eigenvalue weighted by Crippen LogP contribution is -2.30. The molecule has 1 amide bonds. The monoisotopic (exact) mass is 349 g/mol. The van der Waals surface area contributed by atoms with E-state index in [9.17, 15) is 9.18 Å². The number of amides is 1. The fourth-order valence-corrected chi connectivity index (χ4v) is 2.68.